The number of halogens is 2. The van der Waals surface area contributed by atoms with Gasteiger partial charge in [-0.1, -0.05) is 12.1 Å². The Morgan fingerprint density at radius 2 is 1.95 bits per heavy atom. The third-order valence-corrected chi connectivity index (χ3v) is 2.53. The molecule has 0 unspecified atom stereocenters. The summed E-state index contributed by atoms with van der Waals surface area (Å²) in [5.41, 5.74) is 1.09. The van der Waals surface area contributed by atoms with Crippen LogP contribution in [-0.4, -0.2) is 21.1 Å². The van der Waals surface area contributed by atoms with Crippen LogP contribution in [0.5, 0.6) is 6.01 Å². The van der Waals surface area contributed by atoms with E-state index in [0.29, 0.717) is 11.1 Å². The zero-order valence-corrected chi connectivity index (χ0v) is 11.6. The van der Waals surface area contributed by atoms with Crippen molar-refractivity contribution in [2.24, 2.45) is 0 Å². The van der Waals surface area contributed by atoms with Crippen molar-refractivity contribution >= 4 is 11.6 Å². The van der Waals surface area contributed by atoms with E-state index in [4.69, 9.17) is 16.3 Å². The Morgan fingerprint density at radius 3 is 2.58 bits per heavy atom. The SMILES string of the molecule is Cc1ccc(-c2nc(Cl)nc(OC(C)C)n2)cc1F. The highest BCUT2D eigenvalue weighted by atomic mass is 35.5. The van der Waals surface area contributed by atoms with Crippen molar-refractivity contribution < 1.29 is 9.13 Å². The fourth-order valence-corrected chi connectivity index (χ4v) is 1.61. The molecule has 0 aliphatic carbocycles. The largest absolute Gasteiger partial charge is 0.461 e. The summed E-state index contributed by atoms with van der Waals surface area (Å²) in [5, 5.41) is 0.0154. The number of benzene rings is 1. The molecule has 1 aromatic heterocycles. The fourth-order valence-electron chi connectivity index (χ4n) is 1.46. The summed E-state index contributed by atoms with van der Waals surface area (Å²) in [7, 11) is 0. The van der Waals surface area contributed by atoms with Gasteiger partial charge in [-0.05, 0) is 44.0 Å². The van der Waals surface area contributed by atoms with Crippen molar-refractivity contribution in [3.8, 4) is 17.4 Å². The van der Waals surface area contributed by atoms with Gasteiger partial charge in [-0.25, -0.2) is 4.39 Å². The highest BCUT2D eigenvalue weighted by Gasteiger charge is 2.11. The zero-order chi connectivity index (χ0) is 14.0. The molecule has 2 rings (SSSR count). The third-order valence-electron chi connectivity index (χ3n) is 2.36. The van der Waals surface area contributed by atoms with Crippen LogP contribution in [0.25, 0.3) is 11.4 Å². The molecule has 1 heterocycles. The van der Waals surface area contributed by atoms with E-state index < -0.39 is 0 Å². The second-order valence-electron chi connectivity index (χ2n) is 4.34. The average Bonchev–Trinajstić information content (AvgIpc) is 2.31. The molecule has 0 spiro atoms. The zero-order valence-electron chi connectivity index (χ0n) is 10.8. The van der Waals surface area contributed by atoms with Crippen molar-refractivity contribution in [1.82, 2.24) is 15.0 Å². The number of rotatable bonds is 3. The first-order chi connectivity index (χ1) is 8.95. The van der Waals surface area contributed by atoms with E-state index in [0.717, 1.165) is 0 Å². The second kappa shape index (κ2) is 5.48. The van der Waals surface area contributed by atoms with Crippen LogP contribution >= 0.6 is 11.6 Å². The van der Waals surface area contributed by atoms with Gasteiger partial charge < -0.3 is 4.74 Å². The number of aromatic nitrogens is 3. The number of nitrogens with zero attached hydrogens (tertiary/aromatic N) is 3. The van der Waals surface area contributed by atoms with Crippen LogP contribution in [0.1, 0.15) is 19.4 Å². The Hall–Kier alpha value is -1.75. The Bertz CT molecular complexity index is 604. The predicted molar refractivity (Wildman–Crippen MR) is 70.7 cm³/mol. The molecule has 0 atom stereocenters. The summed E-state index contributed by atoms with van der Waals surface area (Å²) < 4.78 is 18.9. The van der Waals surface area contributed by atoms with Crippen LogP contribution in [0.3, 0.4) is 0 Å². The summed E-state index contributed by atoms with van der Waals surface area (Å²) in [5.74, 6) is -0.0325. The number of ether oxygens (including phenoxy) is 1. The summed E-state index contributed by atoms with van der Waals surface area (Å²) in [6.45, 7) is 5.39. The molecule has 0 aliphatic rings. The minimum atomic E-state index is -0.319. The molecule has 2 aromatic rings. The highest BCUT2D eigenvalue weighted by Crippen LogP contribution is 2.21. The van der Waals surface area contributed by atoms with Crippen molar-refractivity contribution in [2.75, 3.05) is 0 Å². The Balaban J connectivity index is 2.43. The molecule has 6 heteroatoms. The van der Waals surface area contributed by atoms with Gasteiger partial charge in [0.25, 0.3) is 0 Å². The molecule has 0 saturated carbocycles. The van der Waals surface area contributed by atoms with E-state index >= 15 is 0 Å². The van der Waals surface area contributed by atoms with E-state index in [-0.39, 0.29) is 29.0 Å². The normalized spacial score (nSPS) is 10.8. The van der Waals surface area contributed by atoms with Gasteiger partial charge in [0.05, 0.1) is 6.10 Å². The van der Waals surface area contributed by atoms with Crippen LogP contribution < -0.4 is 4.74 Å². The fraction of sp³-hybridized carbons (Fsp3) is 0.308. The van der Waals surface area contributed by atoms with E-state index in [2.05, 4.69) is 15.0 Å². The molecule has 0 bridgehead atoms. The van der Waals surface area contributed by atoms with Crippen molar-refractivity contribution in [3.05, 3.63) is 34.9 Å². The van der Waals surface area contributed by atoms with Gasteiger partial charge in [-0.3, -0.25) is 0 Å². The van der Waals surface area contributed by atoms with Gasteiger partial charge in [0, 0.05) is 5.56 Å². The summed E-state index contributed by atoms with van der Waals surface area (Å²) in [6.07, 6.45) is -0.0823. The third kappa shape index (κ3) is 3.38. The van der Waals surface area contributed by atoms with Gasteiger partial charge in [0.15, 0.2) is 5.82 Å². The van der Waals surface area contributed by atoms with Crippen LogP contribution in [0, 0.1) is 12.7 Å². The molecule has 1 aromatic carbocycles. The molecule has 0 aliphatic heterocycles. The number of hydrogen-bond acceptors (Lipinski definition) is 4. The lowest BCUT2D eigenvalue weighted by Gasteiger charge is -2.09. The molecule has 19 heavy (non-hydrogen) atoms. The Morgan fingerprint density at radius 1 is 1.21 bits per heavy atom. The average molecular weight is 282 g/mol. The van der Waals surface area contributed by atoms with E-state index in [9.17, 15) is 4.39 Å². The molecule has 0 saturated heterocycles. The maximum atomic E-state index is 13.5. The predicted octanol–water partition coefficient (Wildman–Crippen LogP) is 3.43. The Kier molecular flexibility index (Phi) is 3.95. The van der Waals surface area contributed by atoms with Crippen LogP contribution in [0.4, 0.5) is 4.39 Å². The van der Waals surface area contributed by atoms with Crippen molar-refractivity contribution in [2.45, 2.75) is 26.9 Å². The topological polar surface area (TPSA) is 47.9 Å². The van der Waals surface area contributed by atoms with Crippen molar-refractivity contribution in [3.63, 3.8) is 0 Å². The molecular formula is C13H13ClFN3O. The van der Waals surface area contributed by atoms with Gasteiger partial charge in [-0.2, -0.15) is 15.0 Å². The smallest absolute Gasteiger partial charge is 0.321 e. The van der Waals surface area contributed by atoms with Gasteiger partial charge in [0.1, 0.15) is 5.82 Å². The summed E-state index contributed by atoms with van der Waals surface area (Å²) >= 11 is 5.82. The first-order valence-corrected chi connectivity index (χ1v) is 6.18. The minimum Gasteiger partial charge on any atom is -0.461 e. The molecule has 100 valence electrons. The van der Waals surface area contributed by atoms with Gasteiger partial charge in [-0.15, -0.1) is 0 Å². The van der Waals surface area contributed by atoms with Crippen LogP contribution in [0.15, 0.2) is 18.2 Å². The number of hydrogen-bond donors (Lipinski definition) is 0. The lowest BCUT2D eigenvalue weighted by molar-refractivity contribution is 0.222. The molecule has 0 radical (unpaired) electrons. The number of aryl methyl sites for hydroxylation is 1. The monoisotopic (exact) mass is 281 g/mol. The maximum absolute atomic E-state index is 13.5. The van der Waals surface area contributed by atoms with E-state index in [1.807, 2.05) is 13.8 Å². The lowest BCUT2D eigenvalue weighted by atomic mass is 10.1. The molecular weight excluding hydrogens is 269 g/mol. The Labute approximate surface area is 115 Å². The molecule has 0 amide bonds. The lowest BCUT2D eigenvalue weighted by Crippen LogP contribution is -2.09. The standard InChI is InChI=1S/C13H13ClFN3O/c1-7(2)19-13-17-11(16-12(14)18-13)9-5-4-8(3)10(15)6-9/h4-7H,1-3H3. The molecule has 4 nitrogen and oxygen atoms in total. The summed E-state index contributed by atoms with van der Waals surface area (Å²) in [4.78, 5) is 12.0. The molecule has 0 N–H and O–H groups in total. The second-order valence-corrected chi connectivity index (χ2v) is 4.68. The van der Waals surface area contributed by atoms with Gasteiger partial charge in [0.2, 0.25) is 5.28 Å². The first kappa shape index (κ1) is 13.7. The summed E-state index contributed by atoms with van der Waals surface area (Å²) in [6, 6.07) is 4.88. The van der Waals surface area contributed by atoms with E-state index in [1.165, 1.54) is 6.07 Å². The highest BCUT2D eigenvalue weighted by molar-refractivity contribution is 6.28. The van der Waals surface area contributed by atoms with Crippen LogP contribution in [-0.2, 0) is 0 Å². The molecule has 0 fully saturated rings. The maximum Gasteiger partial charge on any atom is 0.321 e. The van der Waals surface area contributed by atoms with Crippen LogP contribution in [0.2, 0.25) is 5.28 Å². The minimum absolute atomic E-state index is 0.0154. The quantitative estimate of drug-likeness (QED) is 0.865. The van der Waals surface area contributed by atoms with Gasteiger partial charge >= 0.3 is 6.01 Å². The van der Waals surface area contributed by atoms with Crippen molar-refractivity contribution in [1.29, 1.82) is 0 Å². The van der Waals surface area contributed by atoms with E-state index in [1.54, 1.807) is 19.1 Å². The first-order valence-electron chi connectivity index (χ1n) is 5.80.